The third-order valence-electron chi connectivity index (χ3n) is 4.63. The molecular weight excluding hydrogens is 322 g/mol. The van der Waals surface area contributed by atoms with E-state index in [-0.39, 0.29) is 6.04 Å². The minimum absolute atomic E-state index is 0.0605. The van der Waals surface area contributed by atoms with Gasteiger partial charge in [-0.25, -0.2) is 4.98 Å². The minimum atomic E-state index is 0.0605. The molecule has 2 heterocycles. The molecule has 3 rings (SSSR count). The van der Waals surface area contributed by atoms with E-state index in [9.17, 15) is 0 Å². The number of rotatable bonds is 9. The monoisotopic (exact) mass is 349 g/mol. The lowest BCUT2D eigenvalue weighted by Gasteiger charge is -2.31. The highest BCUT2D eigenvalue weighted by atomic mass is 15.2. The van der Waals surface area contributed by atoms with Gasteiger partial charge in [0, 0.05) is 25.1 Å². The van der Waals surface area contributed by atoms with Gasteiger partial charge in [-0.15, -0.1) is 0 Å². The number of unbranched alkanes of at least 4 members (excludes halogenated alkanes) is 1. The topological polar surface area (TPSA) is 70.8 Å². The van der Waals surface area contributed by atoms with Crippen LogP contribution in [0.3, 0.4) is 0 Å². The van der Waals surface area contributed by atoms with Crippen LogP contribution in [0.25, 0.3) is 0 Å². The zero-order chi connectivity index (χ0) is 18.2. The van der Waals surface area contributed by atoms with Crippen molar-refractivity contribution in [2.45, 2.75) is 32.4 Å². The van der Waals surface area contributed by atoms with Crippen LogP contribution < -0.4 is 5.73 Å². The summed E-state index contributed by atoms with van der Waals surface area (Å²) in [6, 6.07) is 14.7. The van der Waals surface area contributed by atoms with Crippen molar-refractivity contribution in [2.24, 2.45) is 5.73 Å². The second-order valence-corrected chi connectivity index (χ2v) is 6.52. The number of hydrogen-bond donors (Lipinski definition) is 2. The molecule has 0 aliphatic rings. The van der Waals surface area contributed by atoms with Gasteiger partial charge >= 0.3 is 0 Å². The molecule has 0 amide bonds. The summed E-state index contributed by atoms with van der Waals surface area (Å²) in [6.45, 7) is 4.54. The average Bonchev–Trinajstić information content (AvgIpc) is 3.19. The van der Waals surface area contributed by atoms with Crippen LogP contribution in [0.2, 0.25) is 0 Å². The molecule has 0 aliphatic carbocycles. The number of benzene rings is 1. The predicted octanol–water partition coefficient (Wildman–Crippen LogP) is 3.44. The van der Waals surface area contributed by atoms with Crippen LogP contribution in [-0.2, 0) is 6.54 Å². The van der Waals surface area contributed by atoms with Crippen molar-refractivity contribution in [1.82, 2.24) is 19.9 Å². The summed E-state index contributed by atoms with van der Waals surface area (Å²) in [5, 5.41) is 0. The Morgan fingerprint density at radius 2 is 1.88 bits per heavy atom. The lowest BCUT2D eigenvalue weighted by atomic mass is 10.0. The number of aryl methyl sites for hydroxylation is 1. The van der Waals surface area contributed by atoms with E-state index < -0.39 is 0 Å². The molecule has 26 heavy (non-hydrogen) atoms. The molecule has 2 aromatic heterocycles. The molecular formula is C21H27N5. The number of nitrogens with one attached hydrogen (secondary N) is 1. The van der Waals surface area contributed by atoms with Crippen molar-refractivity contribution in [2.75, 3.05) is 13.1 Å². The fourth-order valence-electron chi connectivity index (χ4n) is 3.24. The van der Waals surface area contributed by atoms with Gasteiger partial charge in [-0.3, -0.25) is 9.88 Å². The van der Waals surface area contributed by atoms with Crippen molar-refractivity contribution in [3.8, 4) is 0 Å². The van der Waals surface area contributed by atoms with Crippen LogP contribution >= 0.6 is 0 Å². The average molecular weight is 349 g/mol. The summed E-state index contributed by atoms with van der Waals surface area (Å²) in [7, 11) is 0. The van der Waals surface area contributed by atoms with Crippen LogP contribution in [-0.4, -0.2) is 32.9 Å². The number of nitrogens with zero attached hydrogens (tertiary/aromatic N) is 3. The first-order valence-corrected chi connectivity index (χ1v) is 9.18. The van der Waals surface area contributed by atoms with Gasteiger partial charge < -0.3 is 10.7 Å². The Balaban J connectivity index is 1.94. The van der Waals surface area contributed by atoms with Crippen molar-refractivity contribution >= 4 is 0 Å². The molecule has 136 valence electrons. The van der Waals surface area contributed by atoms with E-state index in [2.05, 4.69) is 57.1 Å². The van der Waals surface area contributed by atoms with Gasteiger partial charge in [-0.1, -0.05) is 36.4 Å². The number of pyridine rings is 1. The van der Waals surface area contributed by atoms with Crippen molar-refractivity contribution in [3.63, 3.8) is 0 Å². The molecule has 0 spiro atoms. The Morgan fingerprint density at radius 1 is 1.04 bits per heavy atom. The molecule has 3 N–H and O–H groups in total. The predicted molar refractivity (Wildman–Crippen MR) is 105 cm³/mol. The van der Waals surface area contributed by atoms with Crippen molar-refractivity contribution < 1.29 is 0 Å². The SMILES string of the molecule is Cc1cccnc1CN(CCCCN)C(c1ccccc1)c1ncc[nH]1. The Labute approximate surface area is 155 Å². The number of hydrogen-bond acceptors (Lipinski definition) is 4. The lowest BCUT2D eigenvalue weighted by molar-refractivity contribution is 0.203. The van der Waals surface area contributed by atoms with Gasteiger partial charge in [0.1, 0.15) is 5.82 Å². The Hall–Kier alpha value is -2.50. The fourth-order valence-corrected chi connectivity index (χ4v) is 3.24. The number of aromatic amines is 1. The molecule has 1 aromatic carbocycles. The number of nitrogens with two attached hydrogens (primary N) is 1. The second kappa shape index (κ2) is 9.27. The van der Waals surface area contributed by atoms with Gasteiger partial charge in [0.2, 0.25) is 0 Å². The summed E-state index contributed by atoms with van der Waals surface area (Å²) < 4.78 is 0. The molecule has 3 aromatic rings. The Kier molecular flexibility index (Phi) is 6.52. The summed E-state index contributed by atoms with van der Waals surface area (Å²) in [6.07, 6.45) is 7.62. The van der Waals surface area contributed by atoms with Gasteiger partial charge in [-0.2, -0.15) is 0 Å². The van der Waals surface area contributed by atoms with E-state index in [4.69, 9.17) is 5.73 Å². The van der Waals surface area contributed by atoms with Crippen LogP contribution in [0.15, 0.2) is 61.1 Å². The van der Waals surface area contributed by atoms with E-state index in [1.807, 2.05) is 30.7 Å². The molecule has 0 aliphatic heterocycles. The quantitative estimate of drug-likeness (QED) is 0.581. The van der Waals surface area contributed by atoms with Gasteiger partial charge in [0.05, 0.1) is 11.7 Å². The number of H-pyrrole nitrogens is 1. The summed E-state index contributed by atoms with van der Waals surface area (Å²) in [5.41, 5.74) is 9.26. The standard InChI is InChI=1S/C21H27N5/c1-17-8-7-12-23-19(17)16-26(15-6-5-11-22)20(21-24-13-14-25-21)18-9-3-2-4-10-18/h2-4,7-10,12-14,20H,5-6,11,15-16,22H2,1H3,(H,24,25). The van der Waals surface area contributed by atoms with Crippen LogP contribution in [0.1, 0.15) is 41.5 Å². The van der Waals surface area contributed by atoms with E-state index in [1.54, 1.807) is 0 Å². The largest absolute Gasteiger partial charge is 0.347 e. The second-order valence-electron chi connectivity index (χ2n) is 6.52. The molecule has 0 bridgehead atoms. The van der Waals surface area contributed by atoms with E-state index in [0.29, 0.717) is 6.54 Å². The van der Waals surface area contributed by atoms with Crippen LogP contribution in [0, 0.1) is 6.92 Å². The first-order chi connectivity index (χ1) is 12.8. The smallest absolute Gasteiger partial charge is 0.128 e. The maximum Gasteiger partial charge on any atom is 0.128 e. The normalized spacial score (nSPS) is 12.4. The maximum absolute atomic E-state index is 5.72. The number of aromatic nitrogens is 3. The van der Waals surface area contributed by atoms with Crippen LogP contribution in [0.4, 0.5) is 0 Å². The third-order valence-corrected chi connectivity index (χ3v) is 4.63. The van der Waals surface area contributed by atoms with Crippen molar-refractivity contribution in [3.05, 3.63) is 83.7 Å². The molecule has 0 radical (unpaired) electrons. The molecule has 0 fully saturated rings. The summed E-state index contributed by atoms with van der Waals surface area (Å²) in [5.74, 6) is 0.956. The Bertz CT molecular complexity index is 770. The Morgan fingerprint density at radius 3 is 2.58 bits per heavy atom. The zero-order valence-electron chi connectivity index (χ0n) is 15.3. The van der Waals surface area contributed by atoms with Gasteiger partial charge in [-0.05, 0) is 50.0 Å². The molecule has 1 unspecified atom stereocenters. The van der Waals surface area contributed by atoms with E-state index in [0.717, 1.165) is 37.4 Å². The zero-order valence-corrected chi connectivity index (χ0v) is 15.3. The lowest BCUT2D eigenvalue weighted by Crippen LogP contribution is -2.32. The minimum Gasteiger partial charge on any atom is -0.347 e. The highest BCUT2D eigenvalue weighted by Gasteiger charge is 2.25. The molecule has 0 saturated carbocycles. The van der Waals surface area contributed by atoms with E-state index >= 15 is 0 Å². The maximum atomic E-state index is 5.72. The first-order valence-electron chi connectivity index (χ1n) is 9.18. The van der Waals surface area contributed by atoms with Crippen LogP contribution in [0.5, 0.6) is 0 Å². The van der Waals surface area contributed by atoms with Crippen molar-refractivity contribution in [1.29, 1.82) is 0 Å². The first kappa shape index (κ1) is 18.3. The van der Waals surface area contributed by atoms with E-state index in [1.165, 1.54) is 11.1 Å². The summed E-state index contributed by atoms with van der Waals surface area (Å²) >= 11 is 0. The van der Waals surface area contributed by atoms with Gasteiger partial charge in [0.25, 0.3) is 0 Å². The number of imidazole rings is 1. The highest BCUT2D eigenvalue weighted by Crippen LogP contribution is 2.28. The highest BCUT2D eigenvalue weighted by molar-refractivity contribution is 5.26. The fraction of sp³-hybridized carbons (Fsp3) is 0.333. The molecule has 1 atom stereocenters. The molecule has 0 saturated heterocycles. The molecule has 5 heteroatoms. The summed E-state index contributed by atoms with van der Waals surface area (Å²) in [4.78, 5) is 14.9. The van der Waals surface area contributed by atoms with Gasteiger partial charge in [0.15, 0.2) is 0 Å². The molecule has 5 nitrogen and oxygen atoms in total. The third kappa shape index (κ3) is 4.56.